The maximum atomic E-state index is 13.1. The molecule has 2 saturated heterocycles. The standard InChI is InChI=1S/C18H24N4O3S/c1-26(24,25)21-11-8-13(9-12-21)18(23)22-10-4-7-16(22)17-19-14-5-2-3-6-15(14)20-17/h2-3,5-6,13,16H,4,7-12H2,1H3,(H,19,20)/t16-/m0/s1. The van der Waals surface area contributed by atoms with Crippen molar-refractivity contribution in [3.63, 3.8) is 0 Å². The lowest BCUT2D eigenvalue weighted by Gasteiger charge is -2.33. The molecule has 1 atom stereocenters. The topological polar surface area (TPSA) is 86.4 Å². The van der Waals surface area contributed by atoms with Gasteiger partial charge >= 0.3 is 0 Å². The molecule has 0 unspecified atom stereocenters. The zero-order chi connectivity index (χ0) is 18.3. The molecular weight excluding hydrogens is 352 g/mol. The Morgan fingerprint density at radius 1 is 1.15 bits per heavy atom. The van der Waals surface area contributed by atoms with Crippen molar-refractivity contribution in [3.05, 3.63) is 30.1 Å². The number of hydrogen-bond donors (Lipinski definition) is 1. The second-order valence-corrected chi connectivity index (χ2v) is 9.25. The van der Waals surface area contributed by atoms with Crippen LogP contribution >= 0.6 is 0 Å². The lowest BCUT2D eigenvalue weighted by molar-refractivity contribution is -0.137. The van der Waals surface area contributed by atoms with E-state index in [2.05, 4.69) is 9.97 Å². The molecule has 0 radical (unpaired) electrons. The molecule has 1 amide bonds. The first-order valence-electron chi connectivity index (χ1n) is 9.14. The van der Waals surface area contributed by atoms with Crippen LogP contribution in [-0.2, 0) is 14.8 Å². The number of H-pyrrole nitrogens is 1. The highest BCUT2D eigenvalue weighted by atomic mass is 32.2. The average Bonchev–Trinajstić information content (AvgIpc) is 3.26. The summed E-state index contributed by atoms with van der Waals surface area (Å²) in [4.78, 5) is 23.1. The number of fused-ring (bicyclic) bond motifs is 1. The summed E-state index contributed by atoms with van der Waals surface area (Å²) in [5.74, 6) is 0.893. The minimum Gasteiger partial charge on any atom is -0.340 e. The molecule has 8 heteroatoms. The molecule has 2 aliphatic heterocycles. The summed E-state index contributed by atoms with van der Waals surface area (Å²) in [6.45, 7) is 1.60. The van der Waals surface area contributed by atoms with Crippen molar-refractivity contribution >= 4 is 27.0 Å². The molecule has 0 aliphatic carbocycles. The fourth-order valence-corrected chi connectivity index (χ4v) is 4.99. The van der Waals surface area contributed by atoms with Gasteiger partial charge in [-0.25, -0.2) is 17.7 Å². The molecular formula is C18H24N4O3S. The number of para-hydroxylation sites is 2. The first-order valence-corrected chi connectivity index (χ1v) is 11.0. The lowest BCUT2D eigenvalue weighted by atomic mass is 9.96. The fraction of sp³-hybridized carbons (Fsp3) is 0.556. The van der Waals surface area contributed by atoms with Crippen LogP contribution in [0, 0.1) is 5.92 Å². The van der Waals surface area contributed by atoms with Crippen LogP contribution < -0.4 is 0 Å². The number of carbonyl (C=O) groups excluding carboxylic acids is 1. The summed E-state index contributed by atoms with van der Waals surface area (Å²) in [6.07, 6.45) is 4.29. The average molecular weight is 376 g/mol. The maximum absolute atomic E-state index is 13.1. The Hall–Kier alpha value is -1.93. The van der Waals surface area contributed by atoms with Gasteiger partial charge in [-0.1, -0.05) is 12.1 Å². The first-order chi connectivity index (χ1) is 12.4. The Kier molecular flexibility index (Phi) is 4.48. The highest BCUT2D eigenvalue weighted by molar-refractivity contribution is 7.88. The second-order valence-electron chi connectivity index (χ2n) is 7.27. The zero-order valence-electron chi connectivity index (χ0n) is 14.9. The van der Waals surface area contributed by atoms with Crippen LogP contribution in [0.1, 0.15) is 37.5 Å². The number of likely N-dealkylation sites (tertiary alicyclic amines) is 1. The van der Waals surface area contributed by atoms with Gasteiger partial charge in [0.15, 0.2) is 0 Å². The summed E-state index contributed by atoms with van der Waals surface area (Å²) in [6, 6.07) is 7.88. The third-order valence-electron chi connectivity index (χ3n) is 5.53. The van der Waals surface area contributed by atoms with Crippen molar-refractivity contribution in [2.45, 2.75) is 31.7 Å². The monoisotopic (exact) mass is 376 g/mol. The first kappa shape index (κ1) is 17.5. The van der Waals surface area contributed by atoms with Crippen molar-refractivity contribution < 1.29 is 13.2 Å². The second kappa shape index (κ2) is 6.66. The van der Waals surface area contributed by atoms with E-state index in [1.807, 2.05) is 29.2 Å². The van der Waals surface area contributed by atoms with Crippen LogP contribution in [0.15, 0.2) is 24.3 Å². The largest absolute Gasteiger partial charge is 0.340 e. The van der Waals surface area contributed by atoms with Crippen LogP contribution in [0.2, 0.25) is 0 Å². The molecule has 1 aromatic heterocycles. The molecule has 0 bridgehead atoms. The normalized spacial score (nSPS) is 23.0. The molecule has 3 heterocycles. The van der Waals surface area contributed by atoms with Crippen LogP contribution in [0.5, 0.6) is 0 Å². The number of hydrogen-bond acceptors (Lipinski definition) is 4. The molecule has 2 fully saturated rings. The quantitative estimate of drug-likeness (QED) is 0.886. The fourth-order valence-electron chi connectivity index (χ4n) is 4.11. The van der Waals surface area contributed by atoms with E-state index in [9.17, 15) is 13.2 Å². The Morgan fingerprint density at radius 3 is 2.58 bits per heavy atom. The van der Waals surface area contributed by atoms with E-state index >= 15 is 0 Å². The highest BCUT2D eigenvalue weighted by Crippen LogP contribution is 2.34. The van der Waals surface area contributed by atoms with Crippen molar-refractivity contribution in [2.75, 3.05) is 25.9 Å². The van der Waals surface area contributed by atoms with Gasteiger partial charge in [0.1, 0.15) is 5.82 Å². The Bertz CT molecular complexity index is 882. The SMILES string of the molecule is CS(=O)(=O)N1CCC(C(=O)N2CCC[C@H]2c2nc3ccccc3[nH]2)CC1. The zero-order valence-corrected chi connectivity index (χ0v) is 15.7. The van der Waals surface area contributed by atoms with E-state index < -0.39 is 10.0 Å². The van der Waals surface area contributed by atoms with Crippen LogP contribution in [0.25, 0.3) is 11.0 Å². The van der Waals surface area contributed by atoms with Crippen LogP contribution in [-0.4, -0.2) is 59.4 Å². The molecule has 0 saturated carbocycles. The van der Waals surface area contributed by atoms with Crippen LogP contribution in [0.4, 0.5) is 0 Å². The number of amides is 1. The molecule has 26 heavy (non-hydrogen) atoms. The van der Waals surface area contributed by atoms with Gasteiger partial charge in [0.05, 0.1) is 23.3 Å². The number of aromatic amines is 1. The van der Waals surface area contributed by atoms with E-state index in [1.54, 1.807) is 0 Å². The molecule has 2 aliphatic rings. The number of aromatic nitrogens is 2. The van der Waals surface area contributed by atoms with E-state index in [0.29, 0.717) is 25.9 Å². The number of sulfonamides is 1. The third-order valence-corrected chi connectivity index (χ3v) is 6.83. The number of imidazole rings is 1. The number of nitrogens with zero attached hydrogens (tertiary/aromatic N) is 3. The number of nitrogens with one attached hydrogen (secondary N) is 1. The van der Waals surface area contributed by atoms with Gasteiger partial charge in [0.25, 0.3) is 0 Å². The summed E-state index contributed by atoms with van der Waals surface area (Å²) in [7, 11) is -3.17. The third kappa shape index (κ3) is 3.23. The van der Waals surface area contributed by atoms with Gasteiger partial charge in [-0.05, 0) is 37.8 Å². The molecule has 2 aromatic rings. The number of carbonyl (C=O) groups is 1. The molecule has 0 spiro atoms. The summed E-state index contributed by atoms with van der Waals surface area (Å²) >= 11 is 0. The van der Waals surface area contributed by atoms with E-state index in [-0.39, 0.29) is 17.9 Å². The maximum Gasteiger partial charge on any atom is 0.226 e. The van der Waals surface area contributed by atoms with E-state index in [0.717, 1.165) is 36.2 Å². The van der Waals surface area contributed by atoms with Crippen molar-refractivity contribution in [2.24, 2.45) is 5.92 Å². The van der Waals surface area contributed by atoms with Gasteiger partial charge < -0.3 is 9.88 Å². The smallest absolute Gasteiger partial charge is 0.226 e. The number of piperidine rings is 1. The Balaban J connectivity index is 1.49. The van der Waals surface area contributed by atoms with Gasteiger partial charge in [-0.15, -0.1) is 0 Å². The van der Waals surface area contributed by atoms with Gasteiger partial charge in [0, 0.05) is 25.6 Å². The molecule has 4 rings (SSSR count). The summed E-state index contributed by atoms with van der Waals surface area (Å²) in [5, 5.41) is 0. The van der Waals surface area contributed by atoms with E-state index in [1.165, 1.54) is 10.6 Å². The van der Waals surface area contributed by atoms with Crippen molar-refractivity contribution in [1.82, 2.24) is 19.2 Å². The predicted octanol–water partition coefficient (Wildman–Crippen LogP) is 1.90. The molecule has 7 nitrogen and oxygen atoms in total. The predicted molar refractivity (Wildman–Crippen MR) is 98.9 cm³/mol. The Labute approximate surface area is 153 Å². The summed E-state index contributed by atoms with van der Waals surface area (Å²) < 4.78 is 24.8. The van der Waals surface area contributed by atoms with Crippen molar-refractivity contribution in [1.29, 1.82) is 0 Å². The molecule has 140 valence electrons. The number of rotatable bonds is 3. The van der Waals surface area contributed by atoms with Crippen molar-refractivity contribution in [3.8, 4) is 0 Å². The minimum absolute atomic E-state index is 0.0113. The van der Waals surface area contributed by atoms with E-state index in [4.69, 9.17) is 0 Å². The Morgan fingerprint density at radius 2 is 1.88 bits per heavy atom. The van der Waals surface area contributed by atoms with Gasteiger partial charge in [0.2, 0.25) is 15.9 Å². The molecule has 1 N–H and O–H groups in total. The molecule has 1 aromatic carbocycles. The van der Waals surface area contributed by atoms with Gasteiger partial charge in [-0.2, -0.15) is 0 Å². The van der Waals surface area contributed by atoms with Gasteiger partial charge in [-0.3, -0.25) is 4.79 Å². The highest BCUT2D eigenvalue weighted by Gasteiger charge is 2.37. The summed E-state index contributed by atoms with van der Waals surface area (Å²) in [5.41, 5.74) is 1.91. The van der Waals surface area contributed by atoms with Crippen LogP contribution in [0.3, 0.4) is 0 Å². The minimum atomic E-state index is -3.17. The lowest BCUT2D eigenvalue weighted by Crippen LogP contribution is -2.44. The number of benzene rings is 1.